The molecular weight excluding hydrogens is 529 g/mol. The van der Waals surface area contributed by atoms with Crippen LogP contribution in [0.5, 0.6) is 0 Å². The summed E-state index contributed by atoms with van der Waals surface area (Å²) in [6.45, 7) is 11.2. The van der Waals surface area contributed by atoms with Crippen molar-refractivity contribution in [1.29, 1.82) is 0 Å². The number of unbranched alkanes of at least 4 members (excludes halogenated alkanes) is 3. The van der Waals surface area contributed by atoms with Crippen LogP contribution < -0.4 is 5.32 Å². The molecule has 0 spiro atoms. The quantitative estimate of drug-likeness (QED) is 0.0918. The summed E-state index contributed by atoms with van der Waals surface area (Å²) in [5.74, 6) is -1.25. The first-order valence-electron chi connectivity index (χ1n) is 13.8. The minimum atomic E-state index is -1.94. The van der Waals surface area contributed by atoms with E-state index in [1.54, 1.807) is 0 Å². The normalized spacial score (nSPS) is 15.8. The number of hydrogen-bond donors (Lipinski definition) is 1. The second-order valence-corrected chi connectivity index (χ2v) is 21.9. The molecule has 1 amide bonds. The molecule has 0 aromatic rings. The van der Waals surface area contributed by atoms with Crippen molar-refractivity contribution < 1.29 is 23.8 Å². The molecule has 1 heterocycles. The van der Waals surface area contributed by atoms with Crippen LogP contribution in [-0.2, 0) is 23.8 Å². The number of hydrogen-bond acceptors (Lipinski definition) is 5. The summed E-state index contributed by atoms with van der Waals surface area (Å²) in [7, 11) is 0. The van der Waals surface area contributed by atoms with Gasteiger partial charge in [-0.15, -0.1) is 0 Å². The van der Waals surface area contributed by atoms with E-state index in [0.717, 1.165) is 6.42 Å². The molecule has 0 fully saturated rings. The molecule has 1 N–H and O–H groups in total. The van der Waals surface area contributed by atoms with Gasteiger partial charge in [0.25, 0.3) is 0 Å². The molecule has 0 saturated heterocycles. The van der Waals surface area contributed by atoms with Gasteiger partial charge in [-0.2, -0.15) is 0 Å². The molecule has 0 bridgehead atoms. The first-order chi connectivity index (χ1) is 16.6. The average Bonchev–Trinajstić information content (AvgIpc) is 3.30. The summed E-state index contributed by atoms with van der Waals surface area (Å²) >= 11 is 4.43. The van der Waals surface area contributed by atoms with E-state index >= 15 is 0 Å². The van der Waals surface area contributed by atoms with E-state index in [4.69, 9.17) is 14.2 Å². The molecule has 6 nitrogen and oxygen atoms in total. The molecule has 206 valence electrons. The van der Waals surface area contributed by atoms with Gasteiger partial charge in [-0.1, -0.05) is 0 Å². The van der Waals surface area contributed by atoms with Crippen molar-refractivity contribution in [1.82, 2.24) is 5.32 Å². The second-order valence-electron chi connectivity index (χ2n) is 10.4. The molecule has 1 aliphatic rings. The van der Waals surface area contributed by atoms with Crippen molar-refractivity contribution in [3.63, 3.8) is 0 Å². The van der Waals surface area contributed by atoms with Crippen molar-refractivity contribution in [3.8, 4) is 0 Å². The van der Waals surface area contributed by atoms with Crippen LogP contribution in [0, 0.1) is 0 Å². The van der Waals surface area contributed by atoms with Gasteiger partial charge in [-0.3, -0.25) is 0 Å². The third kappa shape index (κ3) is 12.3. The van der Waals surface area contributed by atoms with Crippen molar-refractivity contribution in [2.45, 2.75) is 117 Å². The number of amides is 1. The zero-order chi connectivity index (χ0) is 26.2. The standard InChI is InChI=1S/C27H51BrNO5P/c1-6-9-20-35(28,21-10-7-2,22-11-8-3)23-12-17-29-25(30)13-15-27(32-18-19-33-27)16-14-26(31)34-24(4)5/h18-19,24H,6-17,20-23H2,1-5H3,(H,29,30). The predicted molar refractivity (Wildman–Crippen MR) is 151 cm³/mol. The van der Waals surface area contributed by atoms with Crippen LogP contribution in [-0.4, -0.2) is 55.0 Å². The minimum absolute atomic E-state index is 0.00112. The Morgan fingerprint density at radius 1 is 0.886 bits per heavy atom. The third-order valence-corrected chi connectivity index (χ3v) is 16.9. The second kappa shape index (κ2) is 16.1. The summed E-state index contributed by atoms with van der Waals surface area (Å²) in [6, 6.07) is 0. The van der Waals surface area contributed by atoms with Crippen molar-refractivity contribution in [3.05, 3.63) is 12.5 Å². The number of ether oxygens (including phenoxy) is 3. The average molecular weight is 581 g/mol. The summed E-state index contributed by atoms with van der Waals surface area (Å²) in [5, 5.41) is 1.17. The summed E-state index contributed by atoms with van der Waals surface area (Å²) in [5.41, 5.74) is 0. The molecule has 1 aliphatic heterocycles. The molecule has 0 radical (unpaired) electrons. The van der Waals surface area contributed by atoms with E-state index < -0.39 is 11.1 Å². The number of rotatable bonds is 20. The van der Waals surface area contributed by atoms with E-state index in [1.807, 2.05) is 13.8 Å². The summed E-state index contributed by atoms with van der Waals surface area (Å²) in [6.07, 6.45) is 17.7. The molecule has 0 aromatic heterocycles. The Hall–Kier alpha value is -0.810. The molecule has 8 heteroatoms. The van der Waals surface area contributed by atoms with Crippen molar-refractivity contribution in [2.24, 2.45) is 0 Å². The maximum atomic E-state index is 12.6. The molecule has 0 saturated carbocycles. The molecule has 0 aliphatic carbocycles. The Labute approximate surface area is 222 Å². The zero-order valence-corrected chi connectivity index (χ0v) is 25.4. The molecule has 0 atom stereocenters. The molecule has 1 rings (SSSR count). The number of esters is 1. The van der Waals surface area contributed by atoms with Crippen LogP contribution in [0.25, 0.3) is 0 Å². The van der Waals surface area contributed by atoms with Crippen molar-refractivity contribution in [2.75, 3.05) is 31.2 Å². The van der Waals surface area contributed by atoms with Crippen LogP contribution in [0.3, 0.4) is 0 Å². The van der Waals surface area contributed by atoms with Gasteiger partial charge in [0.15, 0.2) is 0 Å². The third-order valence-electron chi connectivity index (χ3n) is 6.86. The van der Waals surface area contributed by atoms with Crippen LogP contribution in [0.2, 0.25) is 0 Å². The van der Waals surface area contributed by atoms with Gasteiger partial charge >= 0.3 is 203 Å². The number of halogens is 1. The van der Waals surface area contributed by atoms with E-state index in [1.165, 1.54) is 75.7 Å². The van der Waals surface area contributed by atoms with Gasteiger partial charge in [-0.05, 0) is 13.8 Å². The van der Waals surface area contributed by atoms with E-state index in [-0.39, 0.29) is 24.4 Å². The summed E-state index contributed by atoms with van der Waals surface area (Å²) in [4.78, 5) is 24.5. The van der Waals surface area contributed by atoms with E-state index in [2.05, 4.69) is 41.6 Å². The SMILES string of the molecule is CCCCP(Br)(CCCC)(CCCC)CCCNC(=O)CCC1(CCC(=O)OC(C)C)OC=CO1. The van der Waals surface area contributed by atoms with Gasteiger partial charge in [0.1, 0.15) is 0 Å². The fourth-order valence-electron chi connectivity index (χ4n) is 4.73. The van der Waals surface area contributed by atoms with Crippen LogP contribution in [0.15, 0.2) is 12.5 Å². The maximum absolute atomic E-state index is 12.6. The van der Waals surface area contributed by atoms with Gasteiger partial charge in [-0.25, -0.2) is 0 Å². The van der Waals surface area contributed by atoms with Gasteiger partial charge in [0.05, 0.1) is 6.10 Å². The Bertz CT molecular complexity index is 637. The fourth-order valence-corrected chi connectivity index (χ4v) is 13.4. The monoisotopic (exact) mass is 579 g/mol. The molecule has 0 unspecified atom stereocenters. The first-order valence-corrected chi connectivity index (χ1v) is 18.8. The van der Waals surface area contributed by atoms with Crippen LogP contribution in [0.1, 0.15) is 105 Å². The predicted octanol–water partition coefficient (Wildman–Crippen LogP) is 7.48. The summed E-state index contributed by atoms with van der Waals surface area (Å²) < 4.78 is 16.5. The number of nitrogens with one attached hydrogen (secondary N) is 1. The Kier molecular flexibility index (Phi) is 14.8. The molecular formula is C27H51BrNO5P. The first kappa shape index (κ1) is 32.2. The Morgan fingerprint density at radius 3 is 1.86 bits per heavy atom. The van der Waals surface area contributed by atoms with Gasteiger partial charge in [0.2, 0.25) is 0 Å². The zero-order valence-electron chi connectivity index (χ0n) is 22.9. The van der Waals surface area contributed by atoms with Crippen LogP contribution >= 0.6 is 20.8 Å². The van der Waals surface area contributed by atoms with Gasteiger partial charge in [0, 0.05) is 0 Å². The van der Waals surface area contributed by atoms with E-state index in [9.17, 15) is 9.59 Å². The van der Waals surface area contributed by atoms with Crippen molar-refractivity contribution >= 4 is 32.7 Å². The topological polar surface area (TPSA) is 73.9 Å². The fraction of sp³-hybridized carbons (Fsp3) is 0.852. The van der Waals surface area contributed by atoms with Gasteiger partial charge < -0.3 is 0 Å². The Morgan fingerprint density at radius 2 is 1.37 bits per heavy atom. The van der Waals surface area contributed by atoms with E-state index in [0.29, 0.717) is 25.8 Å². The van der Waals surface area contributed by atoms with Crippen LogP contribution in [0.4, 0.5) is 0 Å². The Balaban J connectivity index is 2.55. The number of carbonyl (C=O) groups excluding carboxylic acids is 2. The molecule has 0 aromatic carbocycles. The molecule has 35 heavy (non-hydrogen) atoms. The number of carbonyl (C=O) groups is 2.